The predicted octanol–water partition coefficient (Wildman–Crippen LogP) is 3.62. The van der Waals surface area contributed by atoms with Gasteiger partial charge < -0.3 is 5.11 Å². The number of hydrogen-bond donors (Lipinski definition) is 1. The lowest BCUT2D eigenvalue weighted by molar-refractivity contribution is -0.317. The van der Waals surface area contributed by atoms with Gasteiger partial charge in [-0.2, -0.15) is 0 Å². The second kappa shape index (κ2) is 5.51. The van der Waals surface area contributed by atoms with Crippen molar-refractivity contribution in [1.29, 1.82) is 0 Å². The Morgan fingerprint density at radius 1 is 0.864 bits per heavy atom. The molecule has 1 fully saturated rings. The van der Waals surface area contributed by atoms with Crippen LogP contribution in [0.1, 0.15) is 37.8 Å². The molecule has 3 nitrogen and oxygen atoms in total. The zero-order valence-electron chi connectivity index (χ0n) is 13.1. The van der Waals surface area contributed by atoms with E-state index in [1.54, 1.807) is 0 Å². The Balaban J connectivity index is 2.08. The van der Waals surface area contributed by atoms with E-state index in [1.165, 1.54) is 5.06 Å². The molecule has 3 heteroatoms. The molecule has 115 valence electrons. The summed E-state index contributed by atoms with van der Waals surface area (Å²) in [5.74, 6) is 0. The second-order valence-electron chi connectivity index (χ2n) is 6.64. The monoisotopic (exact) mass is 296 g/mol. The lowest BCUT2D eigenvalue weighted by atomic mass is 9.72. The maximum atomic E-state index is 13.3. The lowest BCUT2D eigenvalue weighted by Crippen LogP contribution is -2.58. The Morgan fingerprint density at radius 3 is 1.59 bits per heavy atom. The van der Waals surface area contributed by atoms with Gasteiger partial charge in [0.2, 0.25) is 0 Å². The Bertz CT molecular complexity index is 575. The van der Waals surface area contributed by atoms with E-state index in [9.17, 15) is 10.3 Å². The summed E-state index contributed by atoms with van der Waals surface area (Å²) in [6.45, 7) is 3.86. The Kier molecular flexibility index (Phi) is 3.81. The third-order valence-electron chi connectivity index (χ3n) is 4.95. The predicted molar refractivity (Wildman–Crippen MR) is 85.4 cm³/mol. The number of nitrogens with zero attached hydrogens (tertiary/aromatic N) is 1. The van der Waals surface area contributed by atoms with Gasteiger partial charge in [-0.25, -0.2) is 0 Å². The van der Waals surface area contributed by atoms with E-state index in [0.717, 1.165) is 11.1 Å². The first-order valence-corrected chi connectivity index (χ1v) is 7.73. The van der Waals surface area contributed by atoms with E-state index in [2.05, 4.69) is 0 Å². The first kappa shape index (κ1) is 15.2. The van der Waals surface area contributed by atoms with Crippen LogP contribution in [0.25, 0.3) is 0 Å². The van der Waals surface area contributed by atoms with E-state index in [4.69, 9.17) is 0 Å². The number of hydroxylamine groups is 2. The molecule has 2 atom stereocenters. The normalized spacial score (nSPS) is 32.8. The standard InChI is InChI=1S/C19H22NO2/c1-18(15-9-5-3-6-10-15)13-17(21)14-19(2,20(18)22)16-11-7-4-8-12-16/h3-12,17,21H,13-14H2,1-2H3. The van der Waals surface area contributed by atoms with Crippen molar-refractivity contribution in [3.63, 3.8) is 0 Å². The molecule has 1 heterocycles. The molecule has 0 saturated carbocycles. The van der Waals surface area contributed by atoms with Crippen molar-refractivity contribution in [2.45, 2.75) is 43.9 Å². The number of piperidine rings is 1. The molecule has 1 N–H and O–H groups in total. The number of rotatable bonds is 2. The summed E-state index contributed by atoms with van der Waals surface area (Å²) < 4.78 is 0. The van der Waals surface area contributed by atoms with Gasteiger partial charge in [-0.15, -0.1) is 10.3 Å². The van der Waals surface area contributed by atoms with Crippen LogP contribution in [0.15, 0.2) is 60.7 Å². The fourth-order valence-corrected chi connectivity index (χ4v) is 3.76. The van der Waals surface area contributed by atoms with Crippen molar-refractivity contribution in [1.82, 2.24) is 5.06 Å². The SMILES string of the molecule is CC1(c2ccccc2)CC(O)CC(C)(c2ccccc2)N1[O]. The van der Waals surface area contributed by atoms with E-state index < -0.39 is 17.2 Å². The molecule has 0 aliphatic carbocycles. The highest BCUT2D eigenvalue weighted by molar-refractivity contribution is 5.30. The van der Waals surface area contributed by atoms with Crippen LogP contribution in [0.2, 0.25) is 0 Å². The van der Waals surface area contributed by atoms with Crippen LogP contribution in [0.5, 0.6) is 0 Å². The van der Waals surface area contributed by atoms with E-state index in [-0.39, 0.29) is 0 Å². The van der Waals surface area contributed by atoms with Crippen molar-refractivity contribution in [3.8, 4) is 0 Å². The zero-order chi connectivity index (χ0) is 15.8. The van der Waals surface area contributed by atoms with Crippen LogP contribution < -0.4 is 0 Å². The van der Waals surface area contributed by atoms with E-state index in [1.807, 2.05) is 74.5 Å². The van der Waals surface area contributed by atoms with Crippen molar-refractivity contribution in [2.75, 3.05) is 0 Å². The third kappa shape index (κ3) is 2.35. The highest BCUT2D eigenvalue weighted by Crippen LogP contribution is 2.48. The zero-order valence-corrected chi connectivity index (χ0v) is 13.1. The molecule has 0 aromatic heterocycles. The van der Waals surface area contributed by atoms with Gasteiger partial charge in [0.15, 0.2) is 0 Å². The highest BCUT2D eigenvalue weighted by atomic mass is 16.5. The van der Waals surface area contributed by atoms with Gasteiger partial charge in [0.05, 0.1) is 17.2 Å². The first-order valence-electron chi connectivity index (χ1n) is 7.73. The van der Waals surface area contributed by atoms with Crippen LogP contribution in [0, 0.1) is 0 Å². The van der Waals surface area contributed by atoms with Gasteiger partial charge in [0.1, 0.15) is 0 Å². The maximum Gasteiger partial charge on any atom is 0.0748 e. The molecule has 2 aromatic carbocycles. The minimum Gasteiger partial charge on any atom is -0.393 e. The van der Waals surface area contributed by atoms with Crippen molar-refractivity contribution in [3.05, 3.63) is 71.8 Å². The summed E-state index contributed by atoms with van der Waals surface area (Å²) in [6, 6.07) is 19.5. The largest absolute Gasteiger partial charge is 0.393 e. The van der Waals surface area contributed by atoms with Crippen molar-refractivity contribution in [2.24, 2.45) is 0 Å². The molecule has 0 bridgehead atoms. The van der Waals surface area contributed by atoms with Crippen LogP contribution in [-0.2, 0) is 16.3 Å². The molecule has 1 radical (unpaired) electrons. The van der Waals surface area contributed by atoms with E-state index in [0.29, 0.717) is 12.8 Å². The maximum absolute atomic E-state index is 13.3. The fraction of sp³-hybridized carbons (Fsp3) is 0.368. The third-order valence-corrected chi connectivity index (χ3v) is 4.95. The van der Waals surface area contributed by atoms with E-state index >= 15 is 0 Å². The van der Waals surface area contributed by atoms with Gasteiger partial charge in [-0.3, -0.25) is 0 Å². The van der Waals surface area contributed by atoms with Crippen LogP contribution >= 0.6 is 0 Å². The summed E-state index contributed by atoms with van der Waals surface area (Å²) in [5.41, 5.74) is 0.435. The molecule has 0 amide bonds. The summed E-state index contributed by atoms with van der Waals surface area (Å²) in [7, 11) is 0. The van der Waals surface area contributed by atoms with Gasteiger partial charge in [-0.1, -0.05) is 60.7 Å². The highest BCUT2D eigenvalue weighted by Gasteiger charge is 2.52. The average molecular weight is 296 g/mol. The molecule has 1 aliphatic rings. The molecule has 2 unspecified atom stereocenters. The summed E-state index contributed by atoms with van der Waals surface area (Å²) in [4.78, 5) is 0. The quantitative estimate of drug-likeness (QED) is 0.920. The smallest absolute Gasteiger partial charge is 0.0748 e. The summed E-state index contributed by atoms with van der Waals surface area (Å²) in [5, 5.41) is 25.0. The minimum absolute atomic E-state index is 0.447. The number of aliphatic hydroxyl groups excluding tert-OH is 1. The average Bonchev–Trinajstić information content (AvgIpc) is 2.54. The number of hydrogen-bond acceptors (Lipinski definition) is 2. The molecule has 3 rings (SSSR count). The Labute approximate surface area is 131 Å². The lowest BCUT2D eigenvalue weighted by Gasteiger charge is -2.52. The molecule has 1 aliphatic heterocycles. The van der Waals surface area contributed by atoms with Crippen molar-refractivity contribution < 1.29 is 10.3 Å². The van der Waals surface area contributed by atoms with Gasteiger partial charge in [0, 0.05) is 0 Å². The van der Waals surface area contributed by atoms with Gasteiger partial charge in [-0.05, 0) is 37.8 Å². The molecule has 2 aromatic rings. The van der Waals surface area contributed by atoms with Gasteiger partial charge >= 0.3 is 0 Å². The second-order valence-corrected chi connectivity index (χ2v) is 6.64. The Morgan fingerprint density at radius 2 is 1.23 bits per heavy atom. The molecular weight excluding hydrogens is 274 g/mol. The van der Waals surface area contributed by atoms with Crippen molar-refractivity contribution >= 4 is 0 Å². The Hall–Kier alpha value is -1.68. The minimum atomic E-state index is -0.733. The van der Waals surface area contributed by atoms with Crippen LogP contribution in [0.3, 0.4) is 0 Å². The molecule has 1 saturated heterocycles. The number of benzene rings is 2. The summed E-state index contributed by atoms with van der Waals surface area (Å²) in [6.07, 6.45) is 0.395. The first-order chi connectivity index (χ1) is 10.5. The topological polar surface area (TPSA) is 43.4 Å². The number of aliphatic hydroxyl groups is 1. The van der Waals surface area contributed by atoms with Gasteiger partial charge in [0.25, 0.3) is 0 Å². The molecular formula is C19H22NO2. The van der Waals surface area contributed by atoms with Crippen LogP contribution in [0.4, 0.5) is 0 Å². The molecule has 22 heavy (non-hydrogen) atoms. The molecule has 0 spiro atoms. The van der Waals surface area contributed by atoms with Crippen LogP contribution in [-0.4, -0.2) is 16.3 Å². The summed E-state index contributed by atoms with van der Waals surface area (Å²) >= 11 is 0. The fourth-order valence-electron chi connectivity index (χ4n) is 3.76.